The minimum Gasteiger partial charge on any atom is -0.351 e. The standard InChI is InChI=1S/C15H18ClN5O/c16-13-5-6-21-15(19-13)10(7-17-21)8-20-9-14(22)18-11-3-1-2-4-12(11)20/h5-7,11-12H,1-4,8-9H2,(H,18,22)/t11-,12-/m0/s1. The summed E-state index contributed by atoms with van der Waals surface area (Å²) in [6.45, 7) is 1.13. The fraction of sp³-hybridized carbons (Fsp3) is 0.533. The lowest BCUT2D eigenvalue weighted by molar-refractivity contribution is -0.128. The van der Waals surface area contributed by atoms with E-state index in [1.165, 1.54) is 12.8 Å². The second-order valence-corrected chi connectivity index (χ2v) is 6.51. The summed E-state index contributed by atoms with van der Waals surface area (Å²) < 4.78 is 1.73. The van der Waals surface area contributed by atoms with Crippen LogP contribution in [0.2, 0.25) is 5.15 Å². The molecule has 1 saturated carbocycles. The maximum atomic E-state index is 12.0. The van der Waals surface area contributed by atoms with Crippen molar-refractivity contribution in [1.82, 2.24) is 24.8 Å². The molecule has 0 unspecified atom stereocenters. The molecule has 22 heavy (non-hydrogen) atoms. The number of carbonyl (C=O) groups is 1. The highest BCUT2D eigenvalue weighted by atomic mass is 35.5. The first-order chi connectivity index (χ1) is 10.7. The van der Waals surface area contributed by atoms with Crippen molar-refractivity contribution >= 4 is 23.2 Å². The fourth-order valence-corrected chi connectivity index (χ4v) is 3.80. The van der Waals surface area contributed by atoms with E-state index in [1.54, 1.807) is 16.8 Å². The van der Waals surface area contributed by atoms with Crippen LogP contribution < -0.4 is 5.32 Å². The van der Waals surface area contributed by atoms with E-state index >= 15 is 0 Å². The zero-order chi connectivity index (χ0) is 15.1. The molecule has 7 heteroatoms. The second-order valence-electron chi connectivity index (χ2n) is 6.12. The quantitative estimate of drug-likeness (QED) is 0.855. The normalized spacial score (nSPS) is 26.0. The first-order valence-corrected chi connectivity index (χ1v) is 8.11. The van der Waals surface area contributed by atoms with Crippen molar-refractivity contribution in [2.45, 2.75) is 44.3 Å². The van der Waals surface area contributed by atoms with Gasteiger partial charge in [-0.2, -0.15) is 5.10 Å². The lowest BCUT2D eigenvalue weighted by atomic mass is 9.87. The van der Waals surface area contributed by atoms with Gasteiger partial charge in [-0.15, -0.1) is 0 Å². The largest absolute Gasteiger partial charge is 0.351 e. The summed E-state index contributed by atoms with van der Waals surface area (Å²) in [7, 11) is 0. The van der Waals surface area contributed by atoms with Gasteiger partial charge in [-0.05, 0) is 18.9 Å². The van der Waals surface area contributed by atoms with Crippen molar-refractivity contribution in [2.75, 3.05) is 6.54 Å². The topological polar surface area (TPSA) is 62.5 Å². The number of amides is 1. The molecule has 2 fully saturated rings. The molecule has 6 nitrogen and oxygen atoms in total. The van der Waals surface area contributed by atoms with Gasteiger partial charge in [-0.25, -0.2) is 9.50 Å². The summed E-state index contributed by atoms with van der Waals surface area (Å²) in [6.07, 6.45) is 8.27. The lowest BCUT2D eigenvalue weighted by Gasteiger charge is -2.43. The van der Waals surface area contributed by atoms with E-state index in [-0.39, 0.29) is 11.9 Å². The monoisotopic (exact) mass is 319 g/mol. The molecule has 3 heterocycles. The number of fused-ring (bicyclic) bond motifs is 2. The Morgan fingerprint density at radius 1 is 1.36 bits per heavy atom. The van der Waals surface area contributed by atoms with Crippen LogP contribution in [0.5, 0.6) is 0 Å². The first kappa shape index (κ1) is 14.0. The van der Waals surface area contributed by atoms with Gasteiger partial charge in [-0.3, -0.25) is 9.69 Å². The van der Waals surface area contributed by atoms with Gasteiger partial charge in [0, 0.05) is 30.4 Å². The van der Waals surface area contributed by atoms with Crippen molar-refractivity contribution in [3.8, 4) is 0 Å². The number of aromatic nitrogens is 3. The van der Waals surface area contributed by atoms with Crippen LogP contribution in [0.25, 0.3) is 5.65 Å². The zero-order valence-electron chi connectivity index (χ0n) is 12.2. The number of carbonyl (C=O) groups excluding carboxylic acids is 1. The molecule has 116 valence electrons. The van der Waals surface area contributed by atoms with Crippen LogP contribution in [0.4, 0.5) is 0 Å². The Balaban J connectivity index is 1.62. The SMILES string of the molecule is O=C1CN(Cc2cnn3ccc(Cl)nc23)[C@H]2CCCC[C@@H]2N1. The highest BCUT2D eigenvalue weighted by Crippen LogP contribution is 2.27. The molecule has 1 N–H and O–H groups in total. The fourth-order valence-electron chi connectivity index (χ4n) is 3.67. The maximum Gasteiger partial charge on any atom is 0.234 e. The molecule has 4 rings (SSSR count). The smallest absolute Gasteiger partial charge is 0.234 e. The molecule has 0 radical (unpaired) electrons. The number of hydrogen-bond acceptors (Lipinski definition) is 4. The Bertz CT molecular complexity index is 715. The number of hydrogen-bond donors (Lipinski definition) is 1. The molecule has 0 spiro atoms. The van der Waals surface area contributed by atoms with Crippen LogP contribution in [-0.4, -0.2) is 44.0 Å². The van der Waals surface area contributed by atoms with Crippen LogP contribution >= 0.6 is 11.6 Å². The number of piperazine rings is 1. The first-order valence-electron chi connectivity index (χ1n) is 7.73. The van der Waals surface area contributed by atoms with E-state index in [1.807, 2.05) is 6.20 Å². The Morgan fingerprint density at radius 3 is 3.14 bits per heavy atom. The molecule has 1 aliphatic heterocycles. The highest BCUT2D eigenvalue weighted by molar-refractivity contribution is 6.29. The third-order valence-electron chi connectivity index (χ3n) is 4.67. The molecule has 1 amide bonds. The van der Waals surface area contributed by atoms with Gasteiger partial charge in [0.05, 0.1) is 12.7 Å². The minimum absolute atomic E-state index is 0.116. The van der Waals surface area contributed by atoms with Crippen LogP contribution in [0.15, 0.2) is 18.5 Å². The summed E-state index contributed by atoms with van der Waals surface area (Å²) >= 11 is 5.99. The van der Waals surface area contributed by atoms with Gasteiger partial charge < -0.3 is 5.32 Å². The summed E-state index contributed by atoms with van der Waals surface area (Å²) in [5, 5.41) is 7.91. The average Bonchev–Trinajstić information content (AvgIpc) is 2.89. The molecule has 2 aliphatic rings. The number of halogens is 1. The summed E-state index contributed by atoms with van der Waals surface area (Å²) in [5.41, 5.74) is 1.78. The van der Waals surface area contributed by atoms with Crippen LogP contribution in [0, 0.1) is 0 Å². The van der Waals surface area contributed by atoms with Crippen LogP contribution in [0.1, 0.15) is 31.2 Å². The molecule has 0 bridgehead atoms. The van der Waals surface area contributed by atoms with E-state index < -0.39 is 0 Å². The Morgan fingerprint density at radius 2 is 2.23 bits per heavy atom. The molecule has 2 aromatic heterocycles. The number of nitrogens with one attached hydrogen (secondary N) is 1. The van der Waals surface area contributed by atoms with Gasteiger partial charge in [0.15, 0.2) is 5.65 Å². The lowest BCUT2D eigenvalue weighted by Crippen LogP contribution is -2.61. The van der Waals surface area contributed by atoms with Crippen molar-refractivity contribution in [3.63, 3.8) is 0 Å². The van der Waals surface area contributed by atoms with Crippen LogP contribution in [-0.2, 0) is 11.3 Å². The summed E-state index contributed by atoms with van der Waals surface area (Å²) in [4.78, 5) is 18.6. The highest BCUT2D eigenvalue weighted by Gasteiger charge is 2.36. The Labute approximate surface area is 133 Å². The third kappa shape index (κ3) is 2.46. The predicted molar refractivity (Wildman–Crippen MR) is 82.6 cm³/mol. The Hall–Kier alpha value is -1.66. The summed E-state index contributed by atoms with van der Waals surface area (Å²) in [6, 6.07) is 2.42. The van der Waals surface area contributed by atoms with E-state index in [0.717, 1.165) is 24.1 Å². The predicted octanol–water partition coefficient (Wildman–Crippen LogP) is 1.63. The van der Waals surface area contributed by atoms with Gasteiger partial charge in [-0.1, -0.05) is 24.4 Å². The minimum atomic E-state index is 0.116. The molecular weight excluding hydrogens is 302 g/mol. The number of nitrogens with zero attached hydrogens (tertiary/aromatic N) is 4. The van der Waals surface area contributed by atoms with Gasteiger partial charge >= 0.3 is 0 Å². The van der Waals surface area contributed by atoms with Gasteiger partial charge in [0.2, 0.25) is 5.91 Å². The van der Waals surface area contributed by atoms with Gasteiger partial charge in [0.25, 0.3) is 0 Å². The van der Waals surface area contributed by atoms with E-state index in [4.69, 9.17) is 11.6 Å². The molecule has 1 saturated heterocycles. The van der Waals surface area contributed by atoms with Crippen molar-refractivity contribution in [3.05, 3.63) is 29.2 Å². The molecule has 1 aliphatic carbocycles. The molecule has 0 aromatic carbocycles. The molecule has 2 atom stereocenters. The van der Waals surface area contributed by atoms with E-state index in [2.05, 4.69) is 20.3 Å². The van der Waals surface area contributed by atoms with Crippen molar-refractivity contribution in [2.24, 2.45) is 0 Å². The second kappa shape index (κ2) is 5.52. The van der Waals surface area contributed by atoms with Crippen molar-refractivity contribution in [1.29, 1.82) is 0 Å². The van der Waals surface area contributed by atoms with Crippen molar-refractivity contribution < 1.29 is 4.79 Å². The Kier molecular flexibility index (Phi) is 3.50. The number of rotatable bonds is 2. The van der Waals surface area contributed by atoms with Gasteiger partial charge in [0.1, 0.15) is 5.15 Å². The average molecular weight is 320 g/mol. The third-order valence-corrected chi connectivity index (χ3v) is 4.88. The summed E-state index contributed by atoms with van der Waals surface area (Å²) in [5.74, 6) is 0.116. The van der Waals surface area contributed by atoms with E-state index in [0.29, 0.717) is 24.3 Å². The van der Waals surface area contributed by atoms with Crippen LogP contribution in [0.3, 0.4) is 0 Å². The molecular formula is C15H18ClN5O. The van der Waals surface area contributed by atoms with E-state index in [9.17, 15) is 4.79 Å². The maximum absolute atomic E-state index is 12.0. The molecule has 2 aromatic rings. The zero-order valence-corrected chi connectivity index (χ0v) is 13.0.